The summed E-state index contributed by atoms with van der Waals surface area (Å²) in [4.78, 5) is 11.1. The van der Waals surface area contributed by atoms with E-state index in [0.29, 0.717) is 6.61 Å². The molecule has 0 amide bonds. The van der Waals surface area contributed by atoms with Crippen molar-refractivity contribution < 1.29 is 17.9 Å². The van der Waals surface area contributed by atoms with Gasteiger partial charge in [-0.3, -0.25) is 4.79 Å². The van der Waals surface area contributed by atoms with Gasteiger partial charge in [-0.1, -0.05) is 6.92 Å². The van der Waals surface area contributed by atoms with Crippen LogP contribution < -0.4 is 5.32 Å². The zero-order chi connectivity index (χ0) is 11.9. The maximum atomic E-state index is 11.1. The van der Waals surface area contributed by atoms with Gasteiger partial charge in [0.25, 0.3) is 0 Å². The highest BCUT2D eigenvalue weighted by Crippen LogP contribution is 1.90. The molecule has 0 rings (SSSR count). The van der Waals surface area contributed by atoms with E-state index < -0.39 is 15.9 Å². The van der Waals surface area contributed by atoms with Gasteiger partial charge >= 0.3 is 5.97 Å². The molecule has 90 valence electrons. The number of ether oxygens (including phenoxy) is 1. The summed E-state index contributed by atoms with van der Waals surface area (Å²) in [6.45, 7) is 5.58. The normalized spacial score (nSPS) is 13.5. The summed E-state index contributed by atoms with van der Waals surface area (Å²) >= 11 is 0. The molecule has 0 saturated heterocycles. The molecule has 0 bridgehead atoms. The van der Waals surface area contributed by atoms with E-state index in [1.807, 2.05) is 0 Å². The molecule has 6 heteroatoms. The molecule has 1 N–H and O–H groups in total. The lowest BCUT2D eigenvalue weighted by Gasteiger charge is -2.11. The quantitative estimate of drug-likeness (QED) is 0.629. The average Bonchev–Trinajstić information content (AvgIpc) is 2.18. The largest absolute Gasteiger partial charge is 0.465 e. The molecule has 15 heavy (non-hydrogen) atoms. The standard InChI is InChI=1S/C9H19NO4S/c1-4-14-9(11)8(3)10-6-7-15(12,13)5-2/h8,10H,4-7H2,1-3H3. The number of hydrogen-bond donors (Lipinski definition) is 1. The first-order chi connectivity index (χ1) is 6.93. The number of hydrogen-bond acceptors (Lipinski definition) is 5. The van der Waals surface area contributed by atoms with Crippen LogP contribution in [0.3, 0.4) is 0 Å². The van der Waals surface area contributed by atoms with Gasteiger partial charge < -0.3 is 10.1 Å². The molecular weight excluding hydrogens is 218 g/mol. The van der Waals surface area contributed by atoms with Gasteiger partial charge in [0.05, 0.1) is 12.4 Å². The number of carbonyl (C=O) groups is 1. The number of rotatable bonds is 7. The van der Waals surface area contributed by atoms with E-state index in [4.69, 9.17) is 4.74 Å². The Morgan fingerprint density at radius 1 is 1.40 bits per heavy atom. The van der Waals surface area contributed by atoms with Crippen molar-refractivity contribution in [1.29, 1.82) is 0 Å². The summed E-state index contributed by atoms with van der Waals surface area (Å²) in [5.41, 5.74) is 0. The van der Waals surface area contributed by atoms with Crippen LogP contribution in [-0.4, -0.2) is 45.1 Å². The lowest BCUT2D eigenvalue weighted by atomic mass is 10.3. The van der Waals surface area contributed by atoms with E-state index in [1.54, 1.807) is 20.8 Å². The predicted octanol–water partition coefficient (Wildman–Crippen LogP) is -0.0377. The fourth-order valence-electron chi connectivity index (χ4n) is 0.926. The summed E-state index contributed by atoms with van der Waals surface area (Å²) in [6, 6.07) is -0.461. The Balaban J connectivity index is 3.82. The van der Waals surface area contributed by atoms with Crippen LogP contribution in [0.5, 0.6) is 0 Å². The predicted molar refractivity (Wildman–Crippen MR) is 58.4 cm³/mol. The summed E-state index contributed by atoms with van der Waals surface area (Å²) < 4.78 is 27.0. The van der Waals surface area contributed by atoms with Crippen LogP contribution in [0.4, 0.5) is 0 Å². The van der Waals surface area contributed by atoms with Crippen molar-refractivity contribution in [3.63, 3.8) is 0 Å². The molecule has 5 nitrogen and oxygen atoms in total. The van der Waals surface area contributed by atoms with Crippen molar-refractivity contribution in [2.75, 3.05) is 24.7 Å². The Morgan fingerprint density at radius 2 is 2.00 bits per heavy atom. The van der Waals surface area contributed by atoms with Crippen LogP contribution in [0.15, 0.2) is 0 Å². The smallest absolute Gasteiger partial charge is 0.322 e. The molecule has 0 aliphatic carbocycles. The highest BCUT2D eigenvalue weighted by molar-refractivity contribution is 7.91. The van der Waals surface area contributed by atoms with Gasteiger partial charge in [0.2, 0.25) is 0 Å². The van der Waals surface area contributed by atoms with Gasteiger partial charge in [-0.05, 0) is 13.8 Å². The monoisotopic (exact) mass is 237 g/mol. The van der Waals surface area contributed by atoms with Crippen LogP contribution in [0.25, 0.3) is 0 Å². The van der Waals surface area contributed by atoms with Gasteiger partial charge in [0, 0.05) is 12.3 Å². The van der Waals surface area contributed by atoms with Gasteiger partial charge in [0.15, 0.2) is 9.84 Å². The minimum absolute atomic E-state index is 0.0489. The third-order valence-electron chi connectivity index (χ3n) is 1.94. The molecule has 1 atom stereocenters. The van der Waals surface area contributed by atoms with Crippen molar-refractivity contribution >= 4 is 15.8 Å². The molecule has 0 heterocycles. The van der Waals surface area contributed by atoms with Crippen molar-refractivity contribution in [2.45, 2.75) is 26.8 Å². The SMILES string of the molecule is CCOC(=O)C(C)NCCS(=O)(=O)CC. The summed E-state index contributed by atoms with van der Waals surface area (Å²) in [6.07, 6.45) is 0. The highest BCUT2D eigenvalue weighted by Gasteiger charge is 2.14. The number of esters is 1. The van der Waals surface area contributed by atoms with E-state index in [9.17, 15) is 13.2 Å². The highest BCUT2D eigenvalue weighted by atomic mass is 32.2. The van der Waals surface area contributed by atoms with Crippen LogP contribution in [0.2, 0.25) is 0 Å². The van der Waals surface area contributed by atoms with Crippen molar-refractivity contribution in [1.82, 2.24) is 5.32 Å². The van der Waals surface area contributed by atoms with E-state index >= 15 is 0 Å². The molecule has 0 aromatic heterocycles. The van der Waals surface area contributed by atoms with E-state index in [0.717, 1.165) is 0 Å². The number of sulfone groups is 1. The molecule has 0 saturated carbocycles. The second-order valence-corrected chi connectivity index (χ2v) is 5.64. The van der Waals surface area contributed by atoms with Crippen LogP contribution in [-0.2, 0) is 19.4 Å². The summed E-state index contributed by atoms with van der Waals surface area (Å²) in [5, 5.41) is 2.80. The first-order valence-electron chi connectivity index (χ1n) is 5.03. The Kier molecular flexibility index (Phi) is 6.51. The molecular formula is C9H19NO4S. The third kappa shape index (κ3) is 6.46. The fraction of sp³-hybridized carbons (Fsp3) is 0.889. The van der Waals surface area contributed by atoms with Gasteiger partial charge in [-0.15, -0.1) is 0 Å². The summed E-state index contributed by atoms with van der Waals surface area (Å²) in [5.74, 6) is -0.179. The van der Waals surface area contributed by atoms with Crippen molar-refractivity contribution in [2.24, 2.45) is 0 Å². The zero-order valence-electron chi connectivity index (χ0n) is 9.45. The maximum absolute atomic E-state index is 11.1. The Labute approximate surface area is 91.1 Å². The third-order valence-corrected chi connectivity index (χ3v) is 3.65. The lowest BCUT2D eigenvalue weighted by molar-refractivity contribution is -0.145. The molecule has 0 radical (unpaired) electrons. The summed E-state index contributed by atoms with van der Waals surface area (Å²) in [7, 11) is -2.97. The van der Waals surface area contributed by atoms with Gasteiger partial charge in [0.1, 0.15) is 6.04 Å². The van der Waals surface area contributed by atoms with E-state index in [1.165, 1.54) is 0 Å². The number of carbonyl (C=O) groups excluding carboxylic acids is 1. The van der Waals surface area contributed by atoms with Crippen LogP contribution >= 0.6 is 0 Å². The minimum atomic E-state index is -2.97. The Morgan fingerprint density at radius 3 is 2.47 bits per heavy atom. The molecule has 0 fully saturated rings. The van der Waals surface area contributed by atoms with Crippen molar-refractivity contribution in [3.05, 3.63) is 0 Å². The number of nitrogens with one attached hydrogen (secondary N) is 1. The zero-order valence-corrected chi connectivity index (χ0v) is 10.3. The van der Waals surface area contributed by atoms with E-state index in [-0.39, 0.29) is 24.0 Å². The molecule has 0 aliphatic heterocycles. The maximum Gasteiger partial charge on any atom is 0.322 e. The second kappa shape index (κ2) is 6.79. The van der Waals surface area contributed by atoms with E-state index in [2.05, 4.69) is 5.32 Å². The Hall–Kier alpha value is -0.620. The molecule has 0 aliphatic rings. The van der Waals surface area contributed by atoms with Gasteiger partial charge in [-0.2, -0.15) is 0 Å². The molecule has 0 aromatic carbocycles. The molecule has 0 spiro atoms. The topological polar surface area (TPSA) is 72.5 Å². The fourth-order valence-corrected chi connectivity index (χ4v) is 1.64. The first-order valence-corrected chi connectivity index (χ1v) is 6.85. The average molecular weight is 237 g/mol. The van der Waals surface area contributed by atoms with Crippen LogP contribution in [0, 0.1) is 0 Å². The second-order valence-electron chi connectivity index (χ2n) is 3.16. The van der Waals surface area contributed by atoms with Gasteiger partial charge in [-0.25, -0.2) is 8.42 Å². The lowest BCUT2D eigenvalue weighted by Crippen LogP contribution is -2.38. The minimum Gasteiger partial charge on any atom is -0.465 e. The molecule has 1 unspecified atom stereocenters. The first kappa shape index (κ1) is 14.4. The van der Waals surface area contributed by atoms with Crippen molar-refractivity contribution in [3.8, 4) is 0 Å². The molecule has 0 aromatic rings. The Bertz CT molecular complexity index is 286. The van der Waals surface area contributed by atoms with Crippen LogP contribution in [0.1, 0.15) is 20.8 Å².